The van der Waals surface area contributed by atoms with Crippen LogP contribution in [0.5, 0.6) is 11.5 Å². The van der Waals surface area contributed by atoms with Crippen LogP contribution in [0.15, 0.2) is 66.7 Å². The van der Waals surface area contributed by atoms with Gasteiger partial charge in [0.1, 0.15) is 0 Å². The van der Waals surface area contributed by atoms with E-state index in [4.69, 9.17) is 9.47 Å². The summed E-state index contributed by atoms with van der Waals surface area (Å²) in [6.07, 6.45) is 3.14. The van der Waals surface area contributed by atoms with Crippen molar-refractivity contribution in [2.45, 2.75) is 25.8 Å². The number of nitrogens with zero attached hydrogens (tertiary/aromatic N) is 1. The highest BCUT2D eigenvalue weighted by atomic mass is 16.5. The lowest BCUT2D eigenvalue weighted by Crippen LogP contribution is -2.27. The number of carbonyl (C=O) groups is 2. The lowest BCUT2D eigenvalue weighted by atomic mass is 10.1. The Kier molecular flexibility index (Phi) is 8.57. The van der Waals surface area contributed by atoms with Crippen molar-refractivity contribution in [3.63, 3.8) is 0 Å². The molecule has 7 nitrogen and oxygen atoms in total. The van der Waals surface area contributed by atoms with Crippen molar-refractivity contribution in [2.75, 3.05) is 39.2 Å². The Bertz CT molecular complexity index is 1190. The number of para-hydroxylation sites is 1. The zero-order valence-electron chi connectivity index (χ0n) is 20.9. The summed E-state index contributed by atoms with van der Waals surface area (Å²) in [5, 5.41) is 5.84. The third kappa shape index (κ3) is 6.43. The van der Waals surface area contributed by atoms with Gasteiger partial charge in [0.25, 0.3) is 11.8 Å². The Hall–Kier alpha value is -3.84. The maximum atomic E-state index is 12.9. The molecule has 0 aliphatic carbocycles. The van der Waals surface area contributed by atoms with E-state index in [-0.39, 0.29) is 11.8 Å². The molecule has 36 heavy (non-hydrogen) atoms. The van der Waals surface area contributed by atoms with Crippen molar-refractivity contribution >= 4 is 17.5 Å². The number of methoxy groups -OCH3 is 2. The first kappa shape index (κ1) is 25.3. The van der Waals surface area contributed by atoms with Crippen molar-refractivity contribution < 1.29 is 19.1 Å². The van der Waals surface area contributed by atoms with Crippen molar-refractivity contribution in [3.8, 4) is 11.5 Å². The van der Waals surface area contributed by atoms with Gasteiger partial charge in [-0.3, -0.25) is 14.5 Å². The largest absolute Gasteiger partial charge is 0.493 e. The predicted molar refractivity (Wildman–Crippen MR) is 141 cm³/mol. The molecule has 0 bridgehead atoms. The van der Waals surface area contributed by atoms with E-state index < -0.39 is 0 Å². The van der Waals surface area contributed by atoms with Crippen LogP contribution in [0.4, 0.5) is 5.69 Å². The van der Waals surface area contributed by atoms with Gasteiger partial charge in [-0.15, -0.1) is 0 Å². The number of ether oxygens (including phenoxy) is 2. The van der Waals surface area contributed by atoms with Gasteiger partial charge in [-0.05, 0) is 79.9 Å². The van der Waals surface area contributed by atoms with Crippen LogP contribution in [-0.4, -0.2) is 50.6 Å². The molecule has 1 aliphatic rings. The van der Waals surface area contributed by atoms with E-state index in [0.29, 0.717) is 41.3 Å². The van der Waals surface area contributed by atoms with E-state index in [1.54, 1.807) is 38.5 Å². The highest BCUT2D eigenvalue weighted by molar-refractivity contribution is 6.09. The molecule has 1 saturated heterocycles. The molecule has 4 rings (SSSR count). The monoisotopic (exact) mass is 487 g/mol. The van der Waals surface area contributed by atoms with Crippen molar-refractivity contribution in [1.82, 2.24) is 10.2 Å². The third-order valence-corrected chi connectivity index (χ3v) is 6.39. The molecule has 2 N–H and O–H groups in total. The Morgan fingerprint density at radius 3 is 2.25 bits per heavy atom. The average Bonchev–Trinajstić information content (AvgIpc) is 3.42. The minimum absolute atomic E-state index is 0.242. The molecule has 1 fully saturated rings. The number of likely N-dealkylation sites (tertiary alicyclic amines) is 1. The molecule has 3 aromatic carbocycles. The number of carbonyl (C=O) groups excluding carboxylic acids is 2. The number of anilines is 1. The summed E-state index contributed by atoms with van der Waals surface area (Å²) in [6.45, 7) is 3.62. The number of amides is 2. The highest BCUT2D eigenvalue weighted by Gasteiger charge is 2.15. The van der Waals surface area contributed by atoms with Crippen LogP contribution in [-0.2, 0) is 13.0 Å². The predicted octanol–water partition coefficient (Wildman–Crippen LogP) is 4.52. The SMILES string of the molecule is COc1ccc(CCNC(=O)c2ccccc2NC(=O)c2ccc(CN3CCCC3)cc2)cc1OC. The van der Waals surface area contributed by atoms with E-state index >= 15 is 0 Å². The zero-order chi connectivity index (χ0) is 25.3. The van der Waals surface area contributed by atoms with E-state index in [1.807, 2.05) is 42.5 Å². The molecule has 188 valence electrons. The Morgan fingerprint density at radius 1 is 0.833 bits per heavy atom. The number of rotatable bonds is 10. The third-order valence-electron chi connectivity index (χ3n) is 6.39. The molecule has 0 spiro atoms. The summed E-state index contributed by atoms with van der Waals surface area (Å²) in [5.74, 6) is 0.829. The fourth-order valence-corrected chi connectivity index (χ4v) is 4.40. The normalized spacial score (nSPS) is 13.3. The van der Waals surface area contributed by atoms with Crippen LogP contribution in [0.25, 0.3) is 0 Å². The molecule has 1 aliphatic heterocycles. The number of benzene rings is 3. The summed E-state index contributed by atoms with van der Waals surface area (Å²) < 4.78 is 10.6. The molecule has 0 atom stereocenters. The number of nitrogens with one attached hydrogen (secondary N) is 2. The van der Waals surface area contributed by atoms with Crippen LogP contribution in [0.3, 0.4) is 0 Å². The minimum atomic E-state index is -0.243. The van der Waals surface area contributed by atoms with Gasteiger partial charge in [-0.25, -0.2) is 0 Å². The van der Waals surface area contributed by atoms with Gasteiger partial charge in [0.2, 0.25) is 0 Å². The van der Waals surface area contributed by atoms with E-state index in [9.17, 15) is 9.59 Å². The second kappa shape index (κ2) is 12.2. The summed E-state index contributed by atoms with van der Waals surface area (Å²) in [6, 6.07) is 20.4. The smallest absolute Gasteiger partial charge is 0.255 e. The molecule has 0 aromatic heterocycles. The van der Waals surface area contributed by atoms with Crippen LogP contribution >= 0.6 is 0 Å². The lowest BCUT2D eigenvalue weighted by molar-refractivity contribution is 0.0955. The van der Waals surface area contributed by atoms with Crippen molar-refractivity contribution in [3.05, 3.63) is 89.0 Å². The summed E-state index contributed by atoms with van der Waals surface area (Å²) >= 11 is 0. The van der Waals surface area contributed by atoms with E-state index in [1.165, 1.54) is 18.4 Å². The van der Waals surface area contributed by atoms with Crippen molar-refractivity contribution in [1.29, 1.82) is 0 Å². The maximum absolute atomic E-state index is 12.9. The zero-order valence-corrected chi connectivity index (χ0v) is 20.9. The second-order valence-electron chi connectivity index (χ2n) is 8.88. The van der Waals surface area contributed by atoms with Crippen LogP contribution in [0.1, 0.15) is 44.7 Å². The van der Waals surface area contributed by atoms with E-state index in [2.05, 4.69) is 15.5 Å². The molecule has 0 radical (unpaired) electrons. The Balaban J connectivity index is 1.34. The fraction of sp³-hybridized carbons (Fsp3) is 0.310. The molecular weight excluding hydrogens is 454 g/mol. The fourth-order valence-electron chi connectivity index (χ4n) is 4.40. The number of hydrogen-bond donors (Lipinski definition) is 2. The van der Waals surface area contributed by atoms with E-state index in [0.717, 1.165) is 25.2 Å². The molecule has 0 saturated carbocycles. The molecule has 3 aromatic rings. The lowest BCUT2D eigenvalue weighted by Gasteiger charge is -2.15. The topological polar surface area (TPSA) is 79.9 Å². The maximum Gasteiger partial charge on any atom is 0.255 e. The molecule has 2 amide bonds. The van der Waals surface area contributed by atoms with Gasteiger partial charge < -0.3 is 20.1 Å². The summed E-state index contributed by atoms with van der Waals surface area (Å²) in [4.78, 5) is 28.2. The molecular formula is C29H33N3O4. The Morgan fingerprint density at radius 2 is 1.53 bits per heavy atom. The molecule has 7 heteroatoms. The highest BCUT2D eigenvalue weighted by Crippen LogP contribution is 2.27. The second-order valence-corrected chi connectivity index (χ2v) is 8.88. The summed E-state index contributed by atoms with van der Waals surface area (Å²) in [5.41, 5.74) is 3.67. The Labute approximate surface area is 212 Å². The van der Waals surface area contributed by atoms with Crippen LogP contribution in [0.2, 0.25) is 0 Å². The molecule has 0 unspecified atom stereocenters. The molecule has 1 heterocycles. The first-order valence-electron chi connectivity index (χ1n) is 12.3. The van der Waals surface area contributed by atoms with Crippen LogP contribution < -0.4 is 20.1 Å². The average molecular weight is 488 g/mol. The van der Waals surface area contributed by atoms with Gasteiger partial charge >= 0.3 is 0 Å². The quantitative estimate of drug-likeness (QED) is 0.439. The summed E-state index contributed by atoms with van der Waals surface area (Å²) in [7, 11) is 3.19. The minimum Gasteiger partial charge on any atom is -0.493 e. The van der Waals surface area contributed by atoms with Gasteiger partial charge in [-0.1, -0.05) is 30.3 Å². The first-order valence-corrected chi connectivity index (χ1v) is 12.3. The standard InChI is InChI=1S/C29H33N3O4/c1-35-26-14-11-21(19-27(26)36-2)15-16-30-29(34)24-7-3-4-8-25(24)31-28(33)23-12-9-22(10-13-23)20-32-17-5-6-18-32/h3-4,7-14,19H,5-6,15-18,20H2,1-2H3,(H,30,34)(H,31,33). The van der Waals surface area contributed by atoms with Gasteiger partial charge in [-0.2, -0.15) is 0 Å². The van der Waals surface area contributed by atoms with Crippen LogP contribution in [0, 0.1) is 0 Å². The first-order chi connectivity index (χ1) is 17.6. The van der Waals surface area contributed by atoms with Gasteiger partial charge in [0, 0.05) is 18.7 Å². The van der Waals surface area contributed by atoms with Crippen molar-refractivity contribution in [2.24, 2.45) is 0 Å². The van der Waals surface area contributed by atoms with Gasteiger partial charge in [0.15, 0.2) is 11.5 Å². The number of hydrogen-bond acceptors (Lipinski definition) is 5. The van der Waals surface area contributed by atoms with Gasteiger partial charge in [0.05, 0.1) is 25.5 Å².